The highest BCUT2D eigenvalue weighted by Crippen LogP contribution is 2.22. The van der Waals surface area contributed by atoms with E-state index in [-0.39, 0.29) is 6.01 Å². The van der Waals surface area contributed by atoms with Gasteiger partial charge in [0.05, 0.1) is 18.9 Å². The Hall–Kier alpha value is -2.93. The van der Waals surface area contributed by atoms with Crippen molar-refractivity contribution in [3.05, 3.63) is 48.2 Å². The quantitative estimate of drug-likeness (QED) is 0.789. The predicted molar refractivity (Wildman–Crippen MR) is 94.0 cm³/mol. The fourth-order valence-corrected chi connectivity index (χ4v) is 2.89. The van der Waals surface area contributed by atoms with E-state index in [1.54, 1.807) is 4.68 Å². The van der Waals surface area contributed by atoms with Crippen LogP contribution < -0.4 is 4.90 Å². The normalized spacial score (nSPS) is 14.7. The Morgan fingerprint density at radius 1 is 1.04 bits per heavy atom. The summed E-state index contributed by atoms with van der Waals surface area (Å²) >= 11 is 0. The fraction of sp³-hybridized carbons (Fsp3) is 0.278. The molecule has 3 aromatic rings. The van der Waals surface area contributed by atoms with Crippen LogP contribution in [0.2, 0.25) is 0 Å². The summed E-state index contributed by atoms with van der Waals surface area (Å²) in [6, 6.07) is 11.7. The average molecular weight is 337 g/mol. The van der Waals surface area contributed by atoms with Gasteiger partial charge in [0.2, 0.25) is 0 Å². The third kappa shape index (κ3) is 3.32. The van der Waals surface area contributed by atoms with Crippen molar-refractivity contribution in [3.63, 3.8) is 0 Å². The highest BCUT2D eigenvalue weighted by atomic mass is 16.5. The smallest absolute Gasteiger partial charge is 0.317 e. The maximum Gasteiger partial charge on any atom is 0.317 e. The molecule has 0 aliphatic carbocycles. The predicted octanol–water partition coefficient (Wildman–Crippen LogP) is 2.18. The Morgan fingerprint density at radius 2 is 1.84 bits per heavy atom. The van der Waals surface area contributed by atoms with Gasteiger partial charge >= 0.3 is 6.01 Å². The van der Waals surface area contributed by atoms with E-state index in [4.69, 9.17) is 4.74 Å². The number of nitrogens with zero attached hydrogens (tertiary/aromatic N) is 5. The van der Waals surface area contributed by atoms with Crippen molar-refractivity contribution in [2.45, 2.75) is 6.92 Å². The molecule has 0 unspecified atom stereocenters. The molecule has 25 heavy (non-hydrogen) atoms. The van der Waals surface area contributed by atoms with E-state index in [1.165, 1.54) is 5.56 Å². The first-order valence-corrected chi connectivity index (χ1v) is 8.23. The molecule has 1 N–H and O–H groups in total. The SMILES string of the molecule is Cc1cccc(-c2ccn(-c3cc(N4CCOCC4)nc(O)n3)n2)c1. The van der Waals surface area contributed by atoms with Gasteiger partial charge in [-0.1, -0.05) is 23.8 Å². The topological polar surface area (TPSA) is 76.3 Å². The molecule has 3 heterocycles. The Labute approximate surface area is 145 Å². The second-order valence-corrected chi connectivity index (χ2v) is 6.00. The van der Waals surface area contributed by atoms with Crippen LogP contribution in [0.1, 0.15) is 5.56 Å². The fourth-order valence-electron chi connectivity index (χ4n) is 2.89. The van der Waals surface area contributed by atoms with Crippen LogP contribution in [0.15, 0.2) is 42.6 Å². The van der Waals surface area contributed by atoms with Crippen LogP contribution in [0.5, 0.6) is 6.01 Å². The summed E-state index contributed by atoms with van der Waals surface area (Å²) in [5, 5.41) is 14.5. The standard InChI is InChI=1S/C18H19N5O2/c1-13-3-2-4-14(11-13)15-5-6-23(21-15)17-12-16(19-18(24)20-17)22-7-9-25-10-8-22/h2-6,11-12H,7-10H2,1H3,(H,19,20,24). The van der Waals surface area contributed by atoms with Gasteiger partial charge in [-0.2, -0.15) is 15.1 Å². The number of aromatic nitrogens is 4. The first kappa shape index (κ1) is 15.6. The molecule has 1 aliphatic rings. The molecule has 0 amide bonds. The highest BCUT2D eigenvalue weighted by Gasteiger charge is 2.16. The summed E-state index contributed by atoms with van der Waals surface area (Å²) in [5.74, 6) is 1.21. The van der Waals surface area contributed by atoms with Gasteiger partial charge in [-0.25, -0.2) is 4.68 Å². The largest absolute Gasteiger partial charge is 0.479 e. The van der Waals surface area contributed by atoms with Crippen molar-refractivity contribution in [1.29, 1.82) is 0 Å². The zero-order chi connectivity index (χ0) is 17.2. The van der Waals surface area contributed by atoms with Gasteiger partial charge in [0, 0.05) is 30.9 Å². The molecule has 0 radical (unpaired) electrons. The molecule has 1 aromatic carbocycles. The van der Waals surface area contributed by atoms with Crippen molar-refractivity contribution in [1.82, 2.24) is 19.7 Å². The molecule has 1 saturated heterocycles. The lowest BCUT2D eigenvalue weighted by atomic mass is 10.1. The number of hydrogen-bond donors (Lipinski definition) is 1. The molecule has 7 nitrogen and oxygen atoms in total. The molecular formula is C18H19N5O2. The molecule has 2 aromatic heterocycles. The molecule has 0 spiro atoms. The van der Waals surface area contributed by atoms with E-state index in [9.17, 15) is 5.11 Å². The Balaban J connectivity index is 1.67. The molecule has 7 heteroatoms. The second kappa shape index (κ2) is 6.52. The van der Waals surface area contributed by atoms with Crippen LogP contribution in [0.25, 0.3) is 17.1 Å². The van der Waals surface area contributed by atoms with Crippen LogP contribution in [0.4, 0.5) is 5.82 Å². The average Bonchev–Trinajstić information content (AvgIpc) is 3.12. The monoisotopic (exact) mass is 337 g/mol. The number of benzene rings is 1. The van der Waals surface area contributed by atoms with Crippen molar-refractivity contribution >= 4 is 5.82 Å². The van der Waals surface area contributed by atoms with Crippen LogP contribution in [-0.4, -0.2) is 51.2 Å². The zero-order valence-electron chi connectivity index (χ0n) is 14.0. The van der Waals surface area contributed by atoms with E-state index in [0.29, 0.717) is 24.8 Å². The summed E-state index contributed by atoms with van der Waals surface area (Å²) in [6.07, 6.45) is 1.84. The summed E-state index contributed by atoms with van der Waals surface area (Å²) < 4.78 is 7.02. The molecule has 1 aliphatic heterocycles. The minimum atomic E-state index is -0.258. The van der Waals surface area contributed by atoms with Crippen LogP contribution in [-0.2, 0) is 4.74 Å². The lowest BCUT2D eigenvalue weighted by Gasteiger charge is -2.27. The summed E-state index contributed by atoms with van der Waals surface area (Å²) in [4.78, 5) is 10.3. The number of hydrogen-bond acceptors (Lipinski definition) is 6. The first-order valence-electron chi connectivity index (χ1n) is 8.23. The van der Waals surface area contributed by atoms with Crippen molar-refractivity contribution < 1.29 is 9.84 Å². The van der Waals surface area contributed by atoms with Crippen molar-refractivity contribution in [2.24, 2.45) is 0 Å². The van der Waals surface area contributed by atoms with Gasteiger partial charge in [0.15, 0.2) is 5.82 Å². The van der Waals surface area contributed by atoms with Gasteiger partial charge < -0.3 is 14.7 Å². The third-order valence-electron chi connectivity index (χ3n) is 4.16. The number of aryl methyl sites for hydroxylation is 1. The minimum absolute atomic E-state index is 0.258. The zero-order valence-corrected chi connectivity index (χ0v) is 14.0. The summed E-state index contributed by atoms with van der Waals surface area (Å²) in [6.45, 7) is 4.84. The first-order chi connectivity index (χ1) is 12.2. The summed E-state index contributed by atoms with van der Waals surface area (Å²) in [7, 11) is 0. The van der Waals surface area contributed by atoms with E-state index >= 15 is 0 Å². The summed E-state index contributed by atoms with van der Waals surface area (Å²) in [5.41, 5.74) is 3.08. The Bertz CT molecular complexity index is 887. The number of rotatable bonds is 3. The maximum absolute atomic E-state index is 9.92. The lowest BCUT2D eigenvalue weighted by Crippen LogP contribution is -2.36. The van der Waals surface area contributed by atoms with Gasteiger partial charge in [0.1, 0.15) is 5.82 Å². The maximum atomic E-state index is 9.92. The minimum Gasteiger partial charge on any atom is -0.479 e. The van der Waals surface area contributed by atoms with Gasteiger partial charge in [-0.15, -0.1) is 0 Å². The molecule has 1 fully saturated rings. The lowest BCUT2D eigenvalue weighted by molar-refractivity contribution is 0.122. The van der Waals surface area contributed by atoms with Crippen LogP contribution in [0.3, 0.4) is 0 Å². The van der Waals surface area contributed by atoms with E-state index in [1.807, 2.05) is 30.5 Å². The van der Waals surface area contributed by atoms with E-state index in [2.05, 4.69) is 39.0 Å². The number of anilines is 1. The number of ether oxygens (including phenoxy) is 1. The van der Waals surface area contributed by atoms with E-state index < -0.39 is 0 Å². The van der Waals surface area contributed by atoms with Gasteiger partial charge in [-0.3, -0.25) is 0 Å². The van der Waals surface area contributed by atoms with E-state index in [0.717, 1.165) is 24.3 Å². The Morgan fingerprint density at radius 3 is 2.64 bits per heavy atom. The molecule has 0 bridgehead atoms. The highest BCUT2D eigenvalue weighted by molar-refractivity contribution is 5.60. The third-order valence-corrected chi connectivity index (χ3v) is 4.16. The second-order valence-electron chi connectivity index (χ2n) is 6.00. The van der Waals surface area contributed by atoms with Gasteiger partial charge in [0.25, 0.3) is 0 Å². The molecule has 128 valence electrons. The van der Waals surface area contributed by atoms with Crippen LogP contribution >= 0.6 is 0 Å². The van der Waals surface area contributed by atoms with Crippen molar-refractivity contribution in [3.8, 4) is 23.1 Å². The molecule has 0 atom stereocenters. The van der Waals surface area contributed by atoms with Gasteiger partial charge in [-0.05, 0) is 19.1 Å². The molecule has 4 rings (SSSR count). The van der Waals surface area contributed by atoms with Crippen molar-refractivity contribution in [2.75, 3.05) is 31.2 Å². The number of morpholine rings is 1. The Kier molecular flexibility index (Phi) is 4.07. The van der Waals surface area contributed by atoms with Crippen LogP contribution in [0, 0.1) is 6.92 Å². The molecular weight excluding hydrogens is 318 g/mol. The molecule has 0 saturated carbocycles. The number of aromatic hydroxyl groups is 1.